The van der Waals surface area contributed by atoms with Crippen molar-refractivity contribution in [1.82, 2.24) is 9.97 Å². The molecule has 104 valence electrons. The molecule has 6 nitrogen and oxygen atoms in total. The third kappa shape index (κ3) is 5.03. The molecule has 6 heteroatoms. The van der Waals surface area contributed by atoms with Gasteiger partial charge in [-0.1, -0.05) is 32.6 Å². The third-order valence-electron chi connectivity index (χ3n) is 2.58. The number of carbonyl (C=O) groups is 2. The number of unbranched alkanes of at least 4 members (excludes halogenated alkanes) is 4. The largest absolute Gasteiger partial charge is 0.476 e. The number of carboxylic acids is 1. The molecule has 0 aliphatic heterocycles. The molecular formula is C13H18N2O4. The molecule has 0 radical (unpaired) electrons. The quantitative estimate of drug-likeness (QED) is 0.573. The van der Waals surface area contributed by atoms with Crippen LogP contribution in [0, 0.1) is 0 Å². The van der Waals surface area contributed by atoms with E-state index in [-0.39, 0.29) is 18.0 Å². The molecule has 0 aliphatic rings. The van der Waals surface area contributed by atoms with Crippen LogP contribution >= 0.6 is 0 Å². The molecule has 0 atom stereocenters. The predicted molar refractivity (Wildman–Crippen MR) is 68.0 cm³/mol. The Morgan fingerprint density at radius 1 is 1.11 bits per heavy atom. The molecule has 0 spiro atoms. The molecular weight excluding hydrogens is 248 g/mol. The molecule has 0 bridgehead atoms. The number of carboxylic acid groups (broad SMARTS) is 1. The first-order valence-electron chi connectivity index (χ1n) is 6.38. The standard InChI is InChI=1S/C13H18N2O4/c1-2-3-4-5-6-9-19-13(18)11-10(12(16)17)14-7-8-15-11/h7-8H,2-6,9H2,1H3,(H,16,17). The number of aromatic carboxylic acids is 1. The van der Waals surface area contributed by atoms with E-state index in [9.17, 15) is 9.59 Å². The topological polar surface area (TPSA) is 89.4 Å². The van der Waals surface area contributed by atoms with Gasteiger partial charge in [0, 0.05) is 12.4 Å². The summed E-state index contributed by atoms with van der Waals surface area (Å²) in [6.45, 7) is 2.40. The molecule has 1 rings (SSSR count). The molecule has 19 heavy (non-hydrogen) atoms. The highest BCUT2D eigenvalue weighted by atomic mass is 16.5. The summed E-state index contributed by atoms with van der Waals surface area (Å²) in [5, 5.41) is 8.87. The minimum absolute atomic E-state index is 0.247. The van der Waals surface area contributed by atoms with Gasteiger partial charge in [0.05, 0.1) is 6.61 Å². The van der Waals surface area contributed by atoms with Crippen molar-refractivity contribution < 1.29 is 19.4 Å². The van der Waals surface area contributed by atoms with Gasteiger partial charge < -0.3 is 9.84 Å². The molecule has 0 saturated heterocycles. The predicted octanol–water partition coefficient (Wildman–Crippen LogP) is 2.30. The zero-order valence-electron chi connectivity index (χ0n) is 11.0. The van der Waals surface area contributed by atoms with Crippen molar-refractivity contribution in [2.75, 3.05) is 6.61 Å². The molecule has 0 amide bonds. The Kier molecular flexibility index (Phi) is 6.49. The Hall–Kier alpha value is -1.98. The van der Waals surface area contributed by atoms with E-state index >= 15 is 0 Å². The van der Waals surface area contributed by atoms with Crippen molar-refractivity contribution >= 4 is 11.9 Å². The van der Waals surface area contributed by atoms with Gasteiger partial charge >= 0.3 is 11.9 Å². The fraction of sp³-hybridized carbons (Fsp3) is 0.538. The van der Waals surface area contributed by atoms with Crippen LogP contribution in [0.25, 0.3) is 0 Å². The Morgan fingerprint density at radius 3 is 2.37 bits per heavy atom. The summed E-state index contributed by atoms with van der Waals surface area (Å²) < 4.78 is 4.99. The van der Waals surface area contributed by atoms with E-state index < -0.39 is 11.9 Å². The minimum Gasteiger partial charge on any atom is -0.476 e. The van der Waals surface area contributed by atoms with Crippen molar-refractivity contribution in [3.8, 4) is 0 Å². The maximum Gasteiger partial charge on any atom is 0.359 e. The number of hydrogen-bond donors (Lipinski definition) is 1. The highest BCUT2D eigenvalue weighted by Crippen LogP contribution is 2.06. The molecule has 1 aromatic heterocycles. The summed E-state index contributed by atoms with van der Waals surface area (Å²) in [5.41, 5.74) is -0.623. The van der Waals surface area contributed by atoms with Gasteiger partial charge in [0.2, 0.25) is 0 Å². The van der Waals surface area contributed by atoms with Crippen molar-refractivity contribution in [1.29, 1.82) is 0 Å². The summed E-state index contributed by atoms with van der Waals surface area (Å²) in [7, 11) is 0. The lowest BCUT2D eigenvalue weighted by molar-refractivity contribution is 0.0478. The first-order chi connectivity index (χ1) is 9.16. The van der Waals surface area contributed by atoms with Crippen LogP contribution in [-0.4, -0.2) is 33.6 Å². The lowest BCUT2D eigenvalue weighted by Gasteiger charge is -2.05. The smallest absolute Gasteiger partial charge is 0.359 e. The molecule has 0 fully saturated rings. The van der Waals surface area contributed by atoms with Crippen LogP contribution in [0.1, 0.15) is 60.0 Å². The monoisotopic (exact) mass is 266 g/mol. The van der Waals surface area contributed by atoms with Gasteiger partial charge in [0.1, 0.15) is 0 Å². The first kappa shape index (κ1) is 15.1. The normalized spacial score (nSPS) is 10.2. The van der Waals surface area contributed by atoms with Gasteiger partial charge in [0.25, 0.3) is 0 Å². The summed E-state index contributed by atoms with van der Waals surface area (Å²) in [6.07, 6.45) is 7.69. The molecule has 0 unspecified atom stereocenters. The van der Waals surface area contributed by atoms with E-state index in [2.05, 4.69) is 16.9 Å². The van der Waals surface area contributed by atoms with E-state index in [4.69, 9.17) is 9.84 Å². The molecule has 0 aromatic carbocycles. The average molecular weight is 266 g/mol. The van der Waals surface area contributed by atoms with Crippen LogP contribution in [0.3, 0.4) is 0 Å². The highest BCUT2D eigenvalue weighted by molar-refractivity contribution is 5.99. The maximum atomic E-state index is 11.7. The molecule has 1 N–H and O–H groups in total. The van der Waals surface area contributed by atoms with Crippen LogP contribution in [0.15, 0.2) is 12.4 Å². The Balaban J connectivity index is 2.43. The van der Waals surface area contributed by atoms with Crippen molar-refractivity contribution in [2.45, 2.75) is 39.0 Å². The third-order valence-corrected chi connectivity index (χ3v) is 2.58. The number of rotatable bonds is 8. The van der Waals surface area contributed by atoms with Gasteiger partial charge in [-0.05, 0) is 6.42 Å². The summed E-state index contributed by atoms with van der Waals surface area (Å²) in [6, 6.07) is 0. The van der Waals surface area contributed by atoms with Crippen LogP contribution in [0.5, 0.6) is 0 Å². The second-order valence-electron chi connectivity index (χ2n) is 4.11. The molecule has 1 heterocycles. The van der Waals surface area contributed by atoms with Gasteiger partial charge in [-0.15, -0.1) is 0 Å². The number of hydrogen-bond acceptors (Lipinski definition) is 5. The zero-order chi connectivity index (χ0) is 14.1. The van der Waals surface area contributed by atoms with Gasteiger partial charge in [0.15, 0.2) is 11.4 Å². The van der Waals surface area contributed by atoms with E-state index in [1.165, 1.54) is 18.8 Å². The Morgan fingerprint density at radius 2 is 1.74 bits per heavy atom. The average Bonchev–Trinajstić information content (AvgIpc) is 2.42. The summed E-state index contributed by atoms with van der Waals surface area (Å²) in [5.74, 6) is -2.02. The molecule has 1 aromatic rings. The Labute approximate surface area is 111 Å². The number of ether oxygens (including phenoxy) is 1. The number of aromatic nitrogens is 2. The highest BCUT2D eigenvalue weighted by Gasteiger charge is 2.20. The molecule has 0 aliphatic carbocycles. The van der Waals surface area contributed by atoms with Crippen molar-refractivity contribution in [3.05, 3.63) is 23.8 Å². The van der Waals surface area contributed by atoms with Gasteiger partial charge in [-0.2, -0.15) is 0 Å². The summed E-state index contributed by atoms with van der Waals surface area (Å²) in [4.78, 5) is 29.9. The molecule has 0 saturated carbocycles. The van der Waals surface area contributed by atoms with Crippen LogP contribution in [0.2, 0.25) is 0 Å². The number of nitrogens with zero attached hydrogens (tertiary/aromatic N) is 2. The van der Waals surface area contributed by atoms with Crippen molar-refractivity contribution in [2.24, 2.45) is 0 Å². The minimum atomic E-state index is -1.29. The van der Waals surface area contributed by atoms with Crippen LogP contribution < -0.4 is 0 Å². The lowest BCUT2D eigenvalue weighted by Crippen LogP contribution is -2.15. The van der Waals surface area contributed by atoms with Crippen molar-refractivity contribution in [3.63, 3.8) is 0 Å². The zero-order valence-corrected chi connectivity index (χ0v) is 11.0. The Bertz CT molecular complexity index is 434. The van der Waals surface area contributed by atoms with E-state index in [0.717, 1.165) is 25.7 Å². The van der Waals surface area contributed by atoms with Gasteiger partial charge in [-0.3, -0.25) is 0 Å². The van der Waals surface area contributed by atoms with E-state index in [1.807, 2.05) is 0 Å². The van der Waals surface area contributed by atoms with Crippen LogP contribution in [-0.2, 0) is 4.74 Å². The van der Waals surface area contributed by atoms with E-state index in [1.54, 1.807) is 0 Å². The van der Waals surface area contributed by atoms with Crippen LogP contribution in [0.4, 0.5) is 0 Å². The fourth-order valence-corrected chi connectivity index (χ4v) is 1.58. The van der Waals surface area contributed by atoms with E-state index in [0.29, 0.717) is 0 Å². The fourth-order valence-electron chi connectivity index (χ4n) is 1.58. The second-order valence-corrected chi connectivity index (χ2v) is 4.11. The van der Waals surface area contributed by atoms with Gasteiger partial charge in [-0.25, -0.2) is 19.6 Å². The number of esters is 1. The lowest BCUT2D eigenvalue weighted by atomic mass is 10.2. The summed E-state index contributed by atoms with van der Waals surface area (Å²) >= 11 is 0. The maximum absolute atomic E-state index is 11.7. The SMILES string of the molecule is CCCCCCCOC(=O)c1nccnc1C(=O)O. The first-order valence-corrected chi connectivity index (χ1v) is 6.38. The number of carbonyl (C=O) groups excluding carboxylic acids is 1. The second kappa shape index (κ2) is 8.18.